The Bertz CT molecular complexity index is 164. The zero-order valence-corrected chi connectivity index (χ0v) is 7.08. The van der Waals surface area contributed by atoms with E-state index in [1.807, 2.05) is 6.92 Å². The van der Waals surface area contributed by atoms with Gasteiger partial charge in [0.1, 0.15) is 0 Å². The summed E-state index contributed by atoms with van der Waals surface area (Å²) < 4.78 is 5.26. The van der Waals surface area contributed by atoms with Gasteiger partial charge >= 0.3 is 0 Å². The first-order valence-corrected chi connectivity index (χ1v) is 3.99. The fourth-order valence-corrected chi connectivity index (χ4v) is 1.39. The van der Waals surface area contributed by atoms with Crippen LogP contribution in [0.2, 0.25) is 0 Å². The van der Waals surface area contributed by atoms with Crippen LogP contribution >= 0.6 is 0 Å². The van der Waals surface area contributed by atoms with Crippen molar-refractivity contribution in [2.24, 2.45) is 0 Å². The van der Waals surface area contributed by atoms with Crippen molar-refractivity contribution in [2.75, 3.05) is 19.8 Å². The SMILES string of the molecule is CC(C#N)N1CCOCC1C. The third kappa shape index (κ3) is 1.92. The quantitative estimate of drug-likeness (QED) is 0.555. The molecule has 0 aromatic carbocycles. The van der Waals surface area contributed by atoms with Crippen molar-refractivity contribution in [2.45, 2.75) is 25.9 Å². The van der Waals surface area contributed by atoms with Crippen molar-refractivity contribution < 1.29 is 4.74 Å². The predicted octanol–water partition coefficient (Wildman–Crippen LogP) is 0.619. The lowest BCUT2D eigenvalue weighted by Crippen LogP contribution is -2.47. The Balaban J connectivity index is 2.48. The lowest BCUT2D eigenvalue weighted by molar-refractivity contribution is -0.00868. The molecule has 0 aromatic heterocycles. The summed E-state index contributed by atoms with van der Waals surface area (Å²) in [5, 5.41) is 8.67. The molecular formula is C8H14N2O. The molecule has 62 valence electrons. The van der Waals surface area contributed by atoms with E-state index in [1.54, 1.807) is 0 Å². The molecular weight excluding hydrogens is 140 g/mol. The van der Waals surface area contributed by atoms with E-state index in [0.29, 0.717) is 6.04 Å². The topological polar surface area (TPSA) is 36.3 Å². The third-order valence-electron chi connectivity index (χ3n) is 2.10. The monoisotopic (exact) mass is 154 g/mol. The van der Waals surface area contributed by atoms with E-state index < -0.39 is 0 Å². The summed E-state index contributed by atoms with van der Waals surface area (Å²) in [4.78, 5) is 2.17. The minimum atomic E-state index is 0.0221. The molecule has 3 nitrogen and oxygen atoms in total. The highest BCUT2D eigenvalue weighted by atomic mass is 16.5. The van der Waals surface area contributed by atoms with E-state index in [2.05, 4.69) is 17.9 Å². The highest BCUT2D eigenvalue weighted by Crippen LogP contribution is 2.09. The highest BCUT2D eigenvalue weighted by Gasteiger charge is 2.22. The second-order valence-electron chi connectivity index (χ2n) is 2.97. The van der Waals surface area contributed by atoms with Gasteiger partial charge in [0.25, 0.3) is 0 Å². The maximum atomic E-state index is 8.67. The number of rotatable bonds is 1. The summed E-state index contributed by atoms with van der Waals surface area (Å²) in [5.41, 5.74) is 0. The van der Waals surface area contributed by atoms with Crippen LogP contribution in [-0.4, -0.2) is 36.7 Å². The first kappa shape index (κ1) is 8.51. The van der Waals surface area contributed by atoms with Gasteiger partial charge in [0, 0.05) is 12.6 Å². The van der Waals surface area contributed by atoms with E-state index in [-0.39, 0.29) is 6.04 Å². The molecule has 0 saturated carbocycles. The maximum Gasteiger partial charge on any atom is 0.0953 e. The first-order valence-electron chi connectivity index (χ1n) is 3.99. The molecule has 2 unspecified atom stereocenters. The van der Waals surface area contributed by atoms with Crippen molar-refractivity contribution in [3.8, 4) is 6.07 Å². The molecule has 1 saturated heterocycles. The summed E-state index contributed by atoms with van der Waals surface area (Å²) in [6.07, 6.45) is 0. The number of hydrogen-bond donors (Lipinski definition) is 0. The molecule has 0 N–H and O–H groups in total. The van der Waals surface area contributed by atoms with Crippen LogP contribution in [0.25, 0.3) is 0 Å². The normalized spacial score (nSPS) is 29.4. The number of nitrogens with zero attached hydrogens (tertiary/aromatic N) is 2. The van der Waals surface area contributed by atoms with Crippen LogP contribution < -0.4 is 0 Å². The second-order valence-corrected chi connectivity index (χ2v) is 2.97. The molecule has 0 aliphatic carbocycles. The minimum absolute atomic E-state index is 0.0221. The standard InChI is InChI=1S/C8H14N2O/c1-7(5-9)10-3-4-11-6-8(10)2/h7-8H,3-4,6H2,1-2H3. The Kier molecular flexibility index (Phi) is 2.86. The number of nitriles is 1. The smallest absolute Gasteiger partial charge is 0.0953 e. The summed E-state index contributed by atoms with van der Waals surface area (Å²) in [6, 6.07) is 2.64. The average molecular weight is 154 g/mol. The van der Waals surface area contributed by atoms with Crippen LogP contribution in [0.15, 0.2) is 0 Å². The zero-order chi connectivity index (χ0) is 8.27. The van der Waals surface area contributed by atoms with Crippen LogP contribution in [-0.2, 0) is 4.74 Å². The van der Waals surface area contributed by atoms with Gasteiger partial charge in [-0.2, -0.15) is 5.26 Å². The van der Waals surface area contributed by atoms with Crippen molar-refractivity contribution >= 4 is 0 Å². The lowest BCUT2D eigenvalue weighted by Gasteiger charge is -2.34. The molecule has 2 atom stereocenters. The molecule has 1 aliphatic heterocycles. The molecule has 1 fully saturated rings. The molecule has 0 spiro atoms. The van der Waals surface area contributed by atoms with E-state index >= 15 is 0 Å². The first-order chi connectivity index (χ1) is 5.25. The highest BCUT2D eigenvalue weighted by molar-refractivity contribution is 4.91. The molecule has 1 heterocycles. The number of morpholine rings is 1. The second kappa shape index (κ2) is 3.70. The molecule has 0 radical (unpaired) electrons. The number of hydrogen-bond acceptors (Lipinski definition) is 3. The van der Waals surface area contributed by atoms with Crippen LogP contribution in [0.4, 0.5) is 0 Å². The lowest BCUT2D eigenvalue weighted by atomic mass is 10.2. The van der Waals surface area contributed by atoms with E-state index in [0.717, 1.165) is 19.8 Å². The minimum Gasteiger partial charge on any atom is -0.379 e. The molecule has 0 bridgehead atoms. The zero-order valence-electron chi connectivity index (χ0n) is 7.08. The Morgan fingerprint density at radius 1 is 1.73 bits per heavy atom. The Morgan fingerprint density at radius 2 is 2.45 bits per heavy atom. The van der Waals surface area contributed by atoms with Crippen molar-refractivity contribution in [3.05, 3.63) is 0 Å². The van der Waals surface area contributed by atoms with Gasteiger partial charge in [-0.1, -0.05) is 0 Å². The molecule has 11 heavy (non-hydrogen) atoms. The third-order valence-corrected chi connectivity index (χ3v) is 2.10. The van der Waals surface area contributed by atoms with E-state index in [9.17, 15) is 0 Å². The van der Waals surface area contributed by atoms with E-state index in [1.165, 1.54) is 0 Å². The Labute approximate surface area is 67.6 Å². The van der Waals surface area contributed by atoms with Gasteiger partial charge < -0.3 is 4.74 Å². The van der Waals surface area contributed by atoms with Gasteiger partial charge in [-0.25, -0.2) is 0 Å². The molecule has 1 aliphatic rings. The molecule has 0 amide bonds. The van der Waals surface area contributed by atoms with Crippen LogP contribution in [0.3, 0.4) is 0 Å². The largest absolute Gasteiger partial charge is 0.379 e. The van der Waals surface area contributed by atoms with Gasteiger partial charge in [-0.05, 0) is 13.8 Å². The average Bonchev–Trinajstić information content (AvgIpc) is 2.04. The Hall–Kier alpha value is -0.590. The van der Waals surface area contributed by atoms with Crippen molar-refractivity contribution in [1.82, 2.24) is 4.90 Å². The van der Waals surface area contributed by atoms with Gasteiger partial charge in [-0.15, -0.1) is 0 Å². The van der Waals surface area contributed by atoms with Crippen molar-refractivity contribution in [3.63, 3.8) is 0 Å². The summed E-state index contributed by atoms with van der Waals surface area (Å²) >= 11 is 0. The van der Waals surface area contributed by atoms with Crippen molar-refractivity contribution in [1.29, 1.82) is 5.26 Å². The van der Waals surface area contributed by atoms with E-state index in [4.69, 9.17) is 10.00 Å². The van der Waals surface area contributed by atoms with Gasteiger partial charge in [0.15, 0.2) is 0 Å². The van der Waals surface area contributed by atoms with Gasteiger partial charge in [0.2, 0.25) is 0 Å². The maximum absolute atomic E-state index is 8.67. The summed E-state index contributed by atoms with van der Waals surface area (Å²) in [6.45, 7) is 6.42. The number of ether oxygens (including phenoxy) is 1. The van der Waals surface area contributed by atoms with Gasteiger partial charge in [-0.3, -0.25) is 4.90 Å². The molecule has 0 aromatic rings. The molecule has 1 rings (SSSR count). The summed E-state index contributed by atoms with van der Waals surface area (Å²) in [5.74, 6) is 0. The fraction of sp³-hybridized carbons (Fsp3) is 0.875. The summed E-state index contributed by atoms with van der Waals surface area (Å²) in [7, 11) is 0. The van der Waals surface area contributed by atoms with Crippen LogP contribution in [0.1, 0.15) is 13.8 Å². The Morgan fingerprint density at radius 3 is 3.00 bits per heavy atom. The van der Waals surface area contributed by atoms with Gasteiger partial charge in [0.05, 0.1) is 25.3 Å². The fourth-order valence-electron chi connectivity index (χ4n) is 1.39. The van der Waals surface area contributed by atoms with Crippen LogP contribution in [0, 0.1) is 11.3 Å². The van der Waals surface area contributed by atoms with Crippen LogP contribution in [0.5, 0.6) is 0 Å². The predicted molar refractivity (Wildman–Crippen MR) is 42.1 cm³/mol. The molecule has 3 heteroatoms.